The second kappa shape index (κ2) is 9.00. The highest BCUT2D eigenvalue weighted by molar-refractivity contribution is 4.62. The van der Waals surface area contributed by atoms with E-state index in [2.05, 4.69) is 23.6 Å². The fourth-order valence-electron chi connectivity index (χ4n) is 2.55. The molecule has 2 heteroatoms. The highest BCUT2D eigenvalue weighted by Crippen LogP contribution is 2.07. The summed E-state index contributed by atoms with van der Waals surface area (Å²) in [7, 11) is 0. The predicted octanol–water partition coefficient (Wildman–Crippen LogP) is 3.43. The summed E-state index contributed by atoms with van der Waals surface area (Å²) in [4.78, 5) is 5.03. The van der Waals surface area contributed by atoms with Crippen LogP contribution in [0.4, 0.5) is 0 Å². The molecular weight excluding hydrogens is 196 g/mol. The molecule has 0 aromatic carbocycles. The van der Waals surface area contributed by atoms with Crippen molar-refractivity contribution in [2.75, 3.05) is 39.3 Å². The Kier molecular flexibility index (Phi) is 7.87. The molecule has 0 aromatic rings. The average Bonchev–Trinajstić information content (AvgIpc) is 2.41. The lowest BCUT2D eigenvalue weighted by atomic mass is 10.1. The molecule has 2 aliphatic rings. The summed E-state index contributed by atoms with van der Waals surface area (Å²) in [5.74, 6) is 0. The van der Waals surface area contributed by atoms with Crippen LogP contribution >= 0.6 is 0 Å². The molecule has 0 amide bonds. The van der Waals surface area contributed by atoms with Gasteiger partial charge in [0.25, 0.3) is 0 Å². The Labute approximate surface area is 108 Å². The van der Waals surface area contributed by atoms with Gasteiger partial charge in [-0.05, 0) is 65.0 Å². The zero-order valence-corrected chi connectivity index (χ0v) is 11.4. The lowest BCUT2D eigenvalue weighted by Crippen LogP contribution is -2.29. The topological polar surface area (TPSA) is 6.48 Å². The molecular formula is C14H34N2+4. The second-order valence-corrected chi connectivity index (χ2v) is 4.99. The molecule has 0 aromatic heterocycles. The third-order valence-corrected chi connectivity index (χ3v) is 3.79. The van der Waals surface area contributed by atoms with Gasteiger partial charge in [-0.2, -0.15) is 0 Å². The molecule has 2 nitrogen and oxygen atoms in total. The van der Waals surface area contributed by atoms with E-state index >= 15 is 0 Å². The maximum absolute atomic E-state index is 2.52. The van der Waals surface area contributed by atoms with Gasteiger partial charge in [0.1, 0.15) is 0 Å². The molecule has 0 aliphatic carbocycles. The third kappa shape index (κ3) is 5.86. The van der Waals surface area contributed by atoms with Crippen LogP contribution in [0.3, 0.4) is 0 Å². The first-order valence-electron chi connectivity index (χ1n) is 7.31. The van der Waals surface area contributed by atoms with Gasteiger partial charge in [-0.25, -0.2) is 0 Å². The van der Waals surface area contributed by atoms with Crippen molar-refractivity contribution in [2.45, 2.75) is 52.4 Å². The number of hydrogen-bond donors (Lipinski definition) is 0. The predicted molar refractivity (Wildman–Crippen MR) is 76.4 cm³/mol. The number of likely N-dealkylation sites (tertiary alicyclic amines) is 2. The van der Waals surface area contributed by atoms with Crippen molar-refractivity contribution >= 4 is 0 Å². The van der Waals surface area contributed by atoms with Crippen molar-refractivity contribution < 1.29 is 5.71 Å². The monoisotopic (exact) mass is 230 g/mol. The first-order valence-corrected chi connectivity index (χ1v) is 7.31. The minimum absolute atomic E-state index is 0. The highest BCUT2D eigenvalue weighted by atomic mass is 15.1. The van der Waals surface area contributed by atoms with Crippen molar-refractivity contribution in [3.8, 4) is 0 Å². The van der Waals surface area contributed by atoms with Crippen LogP contribution in [0.5, 0.6) is 0 Å². The molecule has 0 bridgehead atoms. The molecule has 2 heterocycles. The fraction of sp³-hybridized carbons (Fsp3) is 1.00. The molecule has 0 spiro atoms. The maximum atomic E-state index is 2.52. The van der Waals surface area contributed by atoms with Crippen LogP contribution < -0.4 is 0 Å². The minimum Gasteiger partial charge on any atom is -0.304 e. The molecule has 2 rings (SSSR count). The molecule has 0 atom stereocenters. The van der Waals surface area contributed by atoms with Gasteiger partial charge in [0.05, 0.1) is 0 Å². The van der Waals surface area contributed by atoms with Crippen molar-refractivity contribution in [3.05, 3.63) is 0 Å². The summed E-state index contributed by atoms with van der Waals surface area (Å²) in [5, 5.41) is 0. The number of piperidine rings is 2. The summed E-state index contributed by atoms with van der Waals surface area (Å²) in [6.07, 6.45) is 8.61. The van der Waals surface area contributed by atoms with E-state index in [1.807, 2.05) is 0 Å². The van der Waals surface area contributed by atoms with Crippen molar-refractivity contribution in [1.82, 2.24) is 9.80 Å². The molecule has 2 aliphatic heterocycles. The Bertz CT molecular complexity index is 143. The van der Waals surface area contributed by atoms with Gasteiger partial charge in [-0.15, -0.1) is 0 Å². The van der Waals surface area contributed by atoms with Gasteiger partial charge >= 0.3 is 5.71 Å². The molecule has 0 radical (unpaired) electrons. The molecule has 0 N–H and O–H groups in total. The number of rotatable bonds is 2. The van der Waals surface area contributed by atoms with Gasteiger partial charge in [-0.1, -0.05) is 26.7 Å². The van der Waals surface area contributed by atoms with Crippen LogP contribution in [0.25, 0.3) is 0 Å². The lowest BCUT2D eigenvalue weighted by Gasteiger charge is -2.24. The Morgan fingerprint density at radius 1 is 0.625 bits per heavy atom. The Morgan fingerprint density at radius 2 is 0.938 bits per heavy atom. The second-order valence-electron chi connectivity index (χ2n) is 4.99. The summed E-state index contributed by atoms with van der Waals surface area (Å²) < 4.78 is 0. The third-order valence-electron chi connectivity index (χ3n) is 3.79. The first-order chi connectivity index (χ1) is 7.86. The SMILES string of the molecule is CCN1CCCCC1.CCN1CCCCC1.[H+].[H+].[H+].[H+]. The van der Waals surface area contributed by atoms with E-state index in [4.69, 9.17) is 0 Å². The molecule has 2 saturated heterocycles. The average molecular weight is 230 g/mol. The summed E-state index contributed by atoms with van der Waals surface area (Å²) in [6, 6.07) is 0. The fourth-order valence-corrected chi connectivity index (χ4v) is 2.55. The zero-order valence-electron chi connectivity index (χ0n) is 15.4. The van der Waals surface area contributed by atoms with Crippen molar-refractivity contribution in [2.24, 2.45) is 0 Å². The standard InChI is InChI=1S/2C7H15N/c2*1-2-8-6-4-3-5-7-8/h2*2-7H2,1H3/p+4. The lowest BCUT2D eigenvalue weighted by molar-refractivity contribution is 0.240. The van der Waals surface area contributed by atoms with E-state index < -0.39 is 0 Å². The van der Waals surface area contributed by atoms with Crippen LogP contribution in [0.1, 0.15) is 58.1 Å². The summed E-state index contributed by atoms with van der Waals surface area (Å²) >= 11 is 0. The van der Waals surface area contributed by atoms with E-state index in [1.165, 1.54) is 77.8 Å². The quantitative estimate of drug-likeness (QED) is 0.717. The summed E-state index contributed by atoms with van der Waals surface area (Å²) in [5.41, 5.74) is 0. The van der Waals surface area contributed by atoms with E-state index in [-0.39, 0.29) is 5.71 Å². The van der Waals surface area contributed by atoms with E-state index in [1.54, 1.807) is 0 Å². The van der Waals surface area contributed by atoms with E-state index in [0.717, 1.165) is 0 Å². The van der Waals surface area contributed by atoms with Gasteiger partial charge < -0.3 is 9.80 Å². The highest BCUT2D eigenvalue weighted by Gasteiger charge is 2.06. The molecule has 0 saturated carbocycles. The van der Waals surface area contributed by atoms with Crippen LogP contribution in [-0.4, -0.2) is 49.1 Å². The Hall–Kier alpha value is -0.0800. The van der Waals surface area contributed by atoms with Gasteiger partial charge in [-0.3, -0.25) is 0 Å². The number of hydrogen-bond acceptors (Lipinski definition) is 2. The largest absolute Gasteiger partial charge is 1.00 e. The zero-order chi connectivity index (χ0) is 11.6. The van der Waals surface area contributed by atoms with Crippen LogP contribution in [-0.2, 0) is 0 Å². The Balaban J connectivity index is -0.000000107. The van der Waals surface area contributed by atoms with Gasteiger partial charge in [0, 0.05) is 0 Å². The molecule has 96 valence electrons. The Morgan fingerprint density at radius 3 is 1.12 bits per heavy atom. The van der Waals surface area contributed by atoms with Crippen LogP contribution in [0, 0.1) is 0 Å². The minimum atomic E-state index is 0. The van der Waals surface area contributed by atoms with Gasteiger partial charge in [0.2, 0.25) is 0 Å². The number of nitrogens with zero attached hydrogens (tertiary/aromatic N) is 2. The molecule has 16 heavy (non-hydrogen) atoms. The first kappa shape index (κ1) is 14.0. The van der Waals surface area contributed by atoms with E-state index in [9.17, 15) is 0 Å². The van der Waals surface area contributed by atoms with E-state index in [0.29, 0.717) is 0 Å². The normalized spacial score (nSPS) is 23.6. The van der Waals surface area contributed by atoms with Crippen LogP contribution in [0.2, 0.25) is 0 Å². The smallest absolute Gasteiger partial charge is 0.304 e. The maximum Gasteiger partial charge on any atom is 1.00 e. The van der Waals surface area contributed by atoms with Crippen molar-refractivity contribution in [1.29, 1.82) is 0 Å². The molecule has 0 unspecified atom stereocenters. The van der Waals surface area contributed by atoms with Crippen molar-refractivity contribution in [3.63, 3.8) is 0 Å². The molecule has 2 fully saturated rings. The van der Waals surface area contributed by atoms with Crippen LogP contribution in [0.15, 0.2) is 0 Å². The summed E-state index contributed by atoms with van der Waals surface area (Å²) in [6.45, 7) is 12.4. The van der Waals surface area contributed by atoms with Gasteiger partial charge in [0.15, 0.2) is 0 Å².